The fourth-order valence-corrected chi connectivity index (χ4v) is 6.08. The molecule has 0 spiro atoms. The predicted octanol–water partition coefficient (Wildman–Crippen LogP) is 4.98. The van der Waals surface area contributed by atoms with Gasteiger partial charge in [-0.05, 0) is 67.2 Å². The first-order chi connectivity index (χ1) is 17.0. The highest BCUT2D eigenvalue weighted by Crippen LogP contribution is 2.38. The molecule has 2 aromatic rings. The molecule has 1 aromatic heterocycles. The van der Waals surface area contributed by atoms with Crippen molar-refractivity contribution in [2.75, 3.05) is 19.7 Å². The van der Waals surface area contributed by atoms with Gasteiger partial charge in [0.05, 0.1) is 23.7 Å². The number of hydrogen-bond acceptors (Lipinski definition) is 6. The van der Waals surface area contributed by atoms with Crippen LogP contribution in [-0.4, -0.2) is 36.5 Å². The number of carbonyl (C=O) groups is 2. The van der Waals surface area contributed by atoms with E-state index in [2.05, 4.69) is 6.07 Å². The number of nitrogens with two attached hydrogens (primary N) is 1. The smallest absolute Gasteiger partial charge is 0.312 e. The molecule has 7 heteroatoms. The Morgan fingerprint density at radius 1 is 1.14 bits per heavy atom. The summed E-state index contributed by atoms with van der Waals surface area (Å²) in [6.07, 6.45) is 7.91. The normalized spacial score (nSPS) is 19.0. The van der Waals surface area contributed by atoms with E-state index < -0.39 is 5.41 Å². The number of benzene rings is 1. The second-order valence-electron chi connectivity index (χ2n) is 10.1. The molecule has 0 bridgehead atoms. The molecule has 1 saturated carbocycles. The maximum atomic E-state index is 13.5. The quantitative estimate of drug-likeness (QED) is 0.523. The zero-order valence-electron chi connectivity index (χ0n) is 20.3. The lowest BCUT2D eigenvalue weighted by Crippen LogP contribution is -2.48. The van der Waals surface area contributed by atoms with Crippen LogP contribution in [0.4, 0.5) is 0 Å². The van der Waals surface area contributed by atoms with Crippen molar-refractivity contribution in [3.05, 3.63) is 57.8 Å². The molecule has 35 heavy (non-hydrogen) atoms. The Labute approximate surface area is 212 Å². The summed E-state index contributed by atoms with van der Waals surface area (Å²) in [6, 6.07) is 13.2. The van der Waals surface area contributed by atoms with Gasteiger partial charge in [0.25, 0.3) is 0 Å². The number of hydrogen-bond donors (Lipinski definition) is 1. The van der Waals surface area contributed by atoms with Crippen LogP contribution in [0.1, 0.15) is 73.4 Å². The minimum Gasteiger partial charge on any atom is -0.465 e. The van der Waals surface area contributed by atoms with E-state index in [1.165, 1.54) is 19.3 Å². The molecule has 4 rings (SSSR count). The van der Waals surface area contributed by atoms with Crippen LogP contribution in [0.5, 0.6) is 0 Å². The van der Waals surface area contributed by atoms with Crippen molar-refractivity contribution >= 4 is 23.2 Å². The maximum Gasteiger partial charge on any atom is 0.312 e. The molecule has 186 valence electrons. The molecular weight excluding hydrogens is 458 g/mol. The molecule has 2 heterocycles. The van der Waals surface area contributed by atoms with E-state index >= 15 is 0 Å². The highest BCUT2D eigenvalue weighted by molar-refractivity contribution is 7.10. The third-order valence-corrected chi connectivity index (χ3v) is 8.61. The first-order valence-electron chi connectivity index (χ1n) is 12.7. The number of amides is 1. The second kappa shape index (κ2) is 11.8. The van der Waals surface area contributed by atoms with Crippen molar-refractivity contribution < 1.29 is 14.3 Å². The van der Waals surface area contributed by atoms with Gasteiger partial charge in [-0.15, -0.1) is 11.3 Å². The van der Waals surface area contributed by atoms with Gasteiger partial charge in [0, 0.05) is 30.4 Å². The van der Waals surface area contributed by atoms with Gasteiger partial charge in [0.2, 0.25) is 5.91 Å². The van der Waals surface area contributed by atoms with Gasteiger partial charge in [-0.3, -0.25) is 9.59 Å². The van der Waals surface area contributed by atoms with Crippen LogP contribution >= 0.6 is 11.3 Å². The van der Waals surface area contributed by atoms with Crippen LogP contribution in [-0.2, 0) is 20.7 Å². The molecular formula is C28H35N3O3S. The molecule has 1 aliphatic carbocycles. The lowest BCUT2D eigenvalue weighted by Gasteiger charge is -2.40. The van der Waals surface area contributed by atoms with Crippen molar-refractivity contribution in [1.82, 2.24) is 4.90 Å². The molecule has 6 nitrogen and oxygen atoms in total. The monoisotopic (exact) mass is 493 g/mol. The van der Waals surface area contributed by atoms with Crippen molar-refractivity contribution in [1.29, 1.82) is 5.26 Å². The summed E-state index contributed by atoms with van der Waals surface area (Å²) in [7, 11) is 0. The molecule has 0 unspecified atom stereocenters. The van der Waals surface area contributed by atoms with Gasteiger partial charge >= 0.3 is 5.97 Å². The standard InChI is InChI=1S/C28H35N3O3S/c29-19-22-10-8-21(9-11-22)18-28(27(33)34-20-23-5-2-1-3-6-23)12-14-31(15-13-28)26(32)17-24(30)25-7-4-16-35-25/h4,7-11,16,23-24H,1-3,5-6,12-15,17-18,20,30H2/t24-/m0/s1. The Morgan fingerprint density at radius 3 is 2.49 bits per heavy atom. The van der Waals surface area contributed by atoms with E-state index in [9.17, 15) is 9.59 Å². The summed E-state index contributed by atoms with van der Waals surface area (Å²) in [5, 5.41) is 11.1. The fourth-order valence-electron chi connectivity index (χ4n) is 5.35. The van der Waals surface area contributed by atoms with Crippen molar-refractivity contribution in [2.24, 2.45) is 17.1 Å². The average molecular weight is 494 g/mol. The Balaban J connectivity index is 1.41. The topological polar surface area (TPSA) is 96.4 Å². The third kappa shape index (κ3) is 6.50. The number of esters is 1. The molecule has 1 amide bonds. The van der Waals surface area contributed by atoms with Gasteiger partial charge in [-0.1, -0.05) is 37.5 Å². The van der Waals surface area contributed by atoms with Crippen LogP contribution < -0.4 is 5.73 Å². The van der Waals surface area contributed by atoms with Crippen LogP contribution in [0.3, 0.4) is 0 Å². The van der Waals surface area contributed by atoms with Crippen molar-refractivity contribution in [3.63, 3.8) is 0 Å². The summed E-state index contributed by atoms with van der Waals surface area (Å²) in [6.45, 7) is 1.53. The highest BCUT2D eigenvalue weighted by atomic mass is 32.1. The van der Waals surface area contributed by atoms with Gasteiger partial charge in [0.1, 0.15) is 0 Å². The molecule has 1 aliphatic heterocycles. The van der Waals surface area contributed by atoms with Crippen molar-refractivity contribution in [3.8, 4) is 6.07 Å². The predicted molar refractivity (Wildman–Crippen MR) is 137 cm³/mol. The SMILES string of the molecule is N#Cc1ccc(CC2(C(=O)OCC3CCCCC3)CCN(C(=O)C[C@H](N)c3cccs3)CC2)cc1. The van der Waals surface area contributed by atoms with Gasteiger partial charge in [0.15, 0.2) is 0 Å². The molecule has 0 radical (unpaired) electrons. The number of nitrogens with zero attached hydrogens (tertiary/aromatic N) is 2. The third-order valence-electron chi connectivity index (χ3n) is 7.61. The van der Waals surface area contributed by atoms with E-state index in [0.29, 0.717) is 50.4 Å². The summed E-state index contributed by atoms with van der Waals surface area (Å²) in [5.74, 6) is 0.350. The number of nitriles is 1. The van der Waals surface area contributed by atoms with E-state index in [1.54, 1.807) is 23.5 Å². The molecule has 2 N–H and O–H groups in total. The average Bonchev–Trinajstić information content (AvgIpc) is 3.44. The highest BCUT2D eigenvalue weighted by Gasteiger charge is 2.44. The molecule has 2 fully saturated rings. The van der Waals surface area contributed by atoms with Gasteiger partial charge in [-0.25, -0.2) is 0 Å². The zero-order chi connectivity index (χ0) is 24.7. The van der Waals surface area contributed by atoms with E-state index in [0.717, 1.165) is 23.3 Å². The van der Waals surface area contributed by atoms with Gasteiger partial charge < -0.3 is 15.4 Å². The maximum absolute atomic E-state index is 13.5. The van der Waals surface area contributed by atoms with Gasteiger partial charge in [-0.2, -0.15) is 5.26 Å². The van der Waals surface area contributed by atoms with Crippen LogP contribution in [0, 0.1) is 22.7 Å². The lowest BCUT2D eigenvalue weighted by molar-refractivity contribution is -0.162. The molecule has 1 atom stereocenters. The number of piperidine rings is 1. The number of thiophene rings is 1. The first-order valence-corrected chi connectivity index (χ1v) is 13.6. The Hall–Kier alpha value is -2.69. The van der Waals surface area contributed by atoms with E-state index in [-0.39, 0.29) is 24.3 Å². The summed E-state index contributed by atoms with van der Waals surface area (Å²) in [5.41, 5.74) is 7.21. The molecule has 1 aromatic carbocycles. The number of rotatable bonds is 8. The first kappa shape index (κ1) is 25.4. The lowest BCUT2D eigenvalue weighted by atomic mass is 9.73. The van der Waals surface area contributed by atoms with Crippen molar-refractivity contribution in [2.45, 2.75) is 63.8 Å². The molecule has 1 saturated heterocycles. The van der Waals surface area contributed by atoms with Crippen LogP contribution in [0.15, 0.2) is 41.8 Å². The van der Waals surface area contributed by atoms with Crippen LogP contribution in [0.25, 0.3) is 0 Å². The minimum absolute atomic E-state index is 0.0356. The number of carbonyl (C=O) groups excluding carboxylic acids is 2. The van der Waals surface area contributed by atoms with E-state index in [4.69, 9.17) is 15.7 Å². The largest absolute Gasteiger partial charge is 0.465 e. The van der Waals surface area contributed by atoms with E-state index in [1.807, 2.05) is 34.5 Å². The summed E-state index contributed by atoms with van der Waals surface area (Å²) >= 11 is 1.57. The summed E-state index contributed by atoms with van der Waals surface area (Å²) in [4.78, 5) is 29.3. The Kier molecular flexibility index (Phi) is 8.59. The fraction of sp³-hybridized carbons (Fsp3) is 0.536. The number of ether oxygens (including phenoxy) is 1. The Bertz CT molecular complexity index is 1010. The van der Waals surface area contributed by atoms with Crippen LogP contribution in [0.2, 0.25) is 0 Å². The Morgan fingerprint density at radius 2 is 1.86 bits per heavy atom. The number of likely N-dealkylation sites (tertiary alicyclic amines) is 1. The summed E-state index contributed by atoms with van der Waals surface area (Å²) < 4.78 is 5.94. The molecule has 2 aliphatic rings. The minimum atomic E-state index is -0.657. The second-order valence-corrected chi connectivity index (χ2v) is 11.1. The zero-order valence-corrected chi connectivity index (χ0v) is 21.1.